The highest BCUT2D eigenvalue weighted by molar-refractivity contribution is 5.54. The van der Waals surface area contributed by atoms with Gasteiger partial charge in [-0.25, -0.2) is 0 Å². The molecule has 10 heavy (non-hydrogen) atoms. The van der Waals surface area contributed by atoms with Crippen LogP contribution in [0.15, 0.2) is 35.5 Å². The molecule has 0 radical (unpaired) electrons. The summed E-state index contributed by atoms with van der Waals surface area (Å²) in [6.45, 7) is 6.29. The van der Waals surface area contributed by atoms with Gasteiger partial charge in [-0.15, -0.1) is 0 Å². The number of hydrogen-bond donors (Lipinski definition) is 0. The summed E-state index contributed by atoms with van der Waals surface area (Å²) < 4.78 is 0. The molecule has 0 aromatic carbocycles. The molecule has 0 saturated heterocycles. The zero-order valence-corrected chi connectivity index (χ0v) is 6.35. The molecule has 0 saturated carbocycles. The summed E-state index contributed by atoms with van der Waals surface area (Å²) in [6.07, 6.45) is 6.88. The predicted molar refractivity (Wildman–Crippen MR) is 43.7 cm³/mol. The third-order valence-electron chi connectivity index (χ3n) is 2.38. The molecule has 1 atom stereocenters. The molecule has 0 aromatic rings. The van der Waals surface area contributed by atoms with Gasteiger partial charge in [0.2, 0.25) is 0 Å². The van der Waals surface area contributed by atoms with Crippen LogP contribution in [0.5, 0.6) is 0 Å². The van der Waals surface area contributed by atoms with E-state index < -0.39 is 0 Å². The molecular weight excluding hydrogens is 120 g/mol. The zero-order chi connectivity index (χ0) is 7.14. The van der Waals surface area contributed by atoms with Gasteiger partial charge in [0.05, 0.1) is 0 Å². The van der Waals surface area contributed by atoms with Crippen molar-refractivity contribution in [3.63, 3.8) is 0 Å². The summed E-state index contributed by atoms with van der Waals surface area (Å²) in [5, 5.41) is 0. The molecule has 0 spiro atoms. The lowest BCUT2D eigenvalue weighted by molar-refractivity contribution is 0.624. The van der Waals surface area contributed by atoms with Crippen molar-refractivity contribution in [1.29, 1.82) is 0 Å². The van der Waals surface area contributed by atoms with Crippen molar-refractivity contribution in [2.75, 3.05) is 0 Å². The van der Waals surface area contributed by atoms with Gasteiger partial charge < -0.3 is 0 Å². The van der Waals surface area contributed by atoms with E-state index in [1.54, 1.807) is 0 Å². The highest BCUT2D eigenvalue weighted by Gasteiger charge is 2.22. The Labute approximate surface area is 61.9 Å². The highest BCUT2D eigenvalue weighted by atomic mass is 14.3. The summed E-state index contributed by atoms with van der Waals surface area (Å²) in [5.74, 6) is 0.853. The minimum absolute atomic E-state index is 0.853. The zero-order valence-electron chi connectivity index (χ0n) is 6.35. The van der Waals surface area contributed by atoms with Crippen LogP contribution in [-0.2, 0) is 0 Å². The minimum atomic E-state index is 0.853. The average molecular weight is 132 g/mol. The third-order valence-corrected chi connectivity index (χ3v) is 2.38. The molecule has 52 valence electrons. The van der Waals surface area contributed by atoms with Crippen molar-refractivity contribution in [1.82, 2.24) is 0 Å². The lowest BCUT2D eigenvalue weighted by atomic mass is 10.0. The highest BCUT2D eigenvalue weighted by Crippen LogP contribution is 2.39. The Kier molecular flexibility index (Phi) is 1.10. The van der Waals surface area contributed by atoms with Crippen LogP contribution in [0.25, 0.3) is 0 Å². The van der Waals surface area contributed by atoms with E-state index in [2.05, 4.69) is 25.7 Å². The third kappa shape index (κ3) is 0.683. The van der Waals surface area contributed by atoms with E-state index in [0.717, 1.165) is 5.92 Å². The standard InChI is InChI=1S/C10H12/c1-7-5-9-4-3-8(2)10(9)6-7/h3-4,7H,2,5-6H2,1H3. The molecule has 2 rings (SSSR count). The van der Waals surface area contributed by atoms with Crippen LogP contribution in [0.1, 0.15) is 19.8 Å². The van der Waals surface area contributed by atoms with Crippen molar-refractivity contribution in [2.24, 2.45) is 5.92 Å². The van der Waals surface area contributed by atoms with Gasteiger partial charge in [0.1, 0.15) is 0 Å². The second-order valence-electron chi connectivity index (χ2n) is 3.38. The molecule has 2 aliphatic carbocycles. The summed E-state index contributed by atoms with van der Waals surface area (Å²) in [5.41, 5.74) is 4.31. The van der Waals surface area contributed by atoms with Crippen molar-refractivity contribution in [3.05, 3.63) is 35.5 Å². The van der Waals surface area contributed by atoms with Crippen molar-refractivity contribution >= 4 is 0 Å². The first-order valence-electron chi connectivity index (χ1n) is 3.87. The Bertz CT molecular complexity index is 233. The van der Waals surface area contributed by atoms with E-state index >= 15 is 0 Å². The Balaban J connectivity index is 2.33. The molecule has 0 aromatic heterocycles. The van der Waals surface area contributed by atoms with Crippen molar-refractivity contribution < 1.29 is 0 Å². The smallest absolute Gasteiger partial charge is 0.0241 e. The number of hydrogen-bond acceptors (Lipinski definition) is 0. The molecule has 0 nitrogen and oxygen atoms in total. The van der Waals surface area contributed by atoms with Crippen LogP contribution < -0.4 is 0 Å². The Hall–Kier alpha value is -0.780. The van der Waals surface area contributed by atoms with Gasteiger partial charge in [0.25, 0.3) is 0 Å². The molecule has 0 bridgehead atoms. The fraction of sp³-hybridized carbons (Fsp3) is 0.400. The van der Waals surface area contributed by atoms with Gasteiger partial charge in [-0.3, -0.25) is 0 Å². The summed E-state index contributed by atoms with van der Waals surface area (Å²) in [6, 6.07) is 0. The maximum atomic E-state index is 3.99. The molecule has 0 heteroatoms. The molecule has 1 unspecified atom stereocenters. The Morgan fingerprint density at radius 2 is 2.20 bits per heavy atom. The van der Waals surface area contributed by atoms with Gasteiger partial charge in [-0.1, -0.05) is 25.7 Å². The second-order valence-corrected chi connectivity index (χ2v) is 3.38. The van der Waals surface area contributed by atoms with Crippen LogP contribution in [0, 0.1) is 5.92 Å². The quantitative estimate of drug-likeness (QED) is 0.475. The van der Waals surface area contributed by atoms with Crippen LogP contribution in [-0.4, -0.2) is 0 Å². The van der Waals surface area contributed by atoms with Crippen LogP contribution in [0.4, 0.5) is 0 Å². The monoisotopic (exact) mass is 132 g/mol. The second kappa shape index (κ2) is 1.85. The van der Waals surface area contributed by atoms with E-state index in [4.69, 9.17) is 0 Å². The van der Waals surface area contributed by atoms with E-state index in [1.807, 2.05) is 0 Å². The van der Waals surface area contributed by atoms with Crippen molar-refractivity contribution in [2.45, 2.75) is 19.8 Å². The van der Waals surface area contributed by atoms with Gasteiger partial charge in [0.15, 0.2) is 0 Å². The molecular formula is C10H12. The van der Waals surface area contributed by atoms with Gasteiger partial charge in [-0.05, 0) is 35.5 Å². The normalized spacial score (nSPS) is 30.1. The van der Waals surface area contributed by atoms with Crippen LogP contribution >= 0.6 is 0 Å². The molecule has 0 fully saturated rings. The van der Waals surface area contributed by atoms with E-state index in [1.165, 1.54) is 29.6 Å². The van der Waals surface area contributed by atoms with Crippen LogP contribution in [0.3, 0.4) is 0 Å². The van der Waals surface area contributed by atoms with E-state index in [0.29, 0.717) is 0 Å². The molecule has 0 aliphatic heterocycles. The Morgan fingerprint density at radius 1 is 1.40 bits per heavy atom. The van der Waals surface area contributed by atoms with Gasteiger partial charge in [-0.2, -0.15) is 0 Å². The maximum Gasteiger partial charge on any atom is -0.0241 e. The fourth-order valence-electron chi connectivity index (χ4n) is 1.86. The number of rotatable bonds is 0. The first kappa shape index (κ1) is 5.96. The first-order chi connectivity index (χ1) is 4.77. The van der Waals surface area contributed by atoms with Gasteiger partial charge >= 0.3 is 0 Å². The maximum absolute atomic E-state index is 3.99. The summed E-state index contributed by atoms with van der Waals surface area (Å²) >= 11 is 0. The van der Waals surface area contributed by atoms with Gasteiger partial charge in [0, 0.05) is 0 Å². The first-order valence-corrected chi connectivity index (χ1v) is 3.87. The molecule has 0 N–H and O–H groups in total. The number of allylic oxidation sites excluding steroid dienone is 5. The molecule has 0 heterocycles. The SMILES string of the molecule is C=C1C=CC2=C1CC(C)C2. The minimum Gasteiger partial charge on any atom is -0.0915 e. The van der Waals surface area contributed by atoms with Crippen LogP contribution in [0.2, 0.25) is 0 Å². The Morgan fingerprint density at radius 3 is 2.90 bits per heavy atom. The lowest BCUT2D eigenvalue weighted by Gasteiger charge is -2.01. The summed E-state index contributed by atoms with van der Waals surface area (Å²) in [7, 11) is 0. The van der Waals surface area contributed by atoms with E-state index in [-0.39, 0.29) is 0 Å². The molecule has 0 amide bonds. The topological polar surface area (TPSA) is 0 Å². The van der Waals surface area contributed by atoms with Crippen molar-refractivity contribution in [3.8, 4) is 0 Å². The fourth-order valence-corrected chi connectivity index (χ4v) is 1.86. The largest absolute Gasteiger partial charge is 0.0915 e. The lowest BCUT2D eigenvalue weighted by Crippen LogP contribution is -1.87. The molecule has 2 aliphatic rings. The van der Waals surface area contributed by atoms with E-state index in [9.17, 15) is 0 Å². The predicted octanol–water partition coefficient (Wildman–Crippen LogP) is 2.84. The summed E-state index contributed by atoms with van der Waals surface area (Å²) in [4.78, 5) is 0. The average Bonchev–Trinajstić information content (AvgIpc) is 2.35.